The van der Waals surface area contributed by atoms with E-state index in [0.717, 1.165) is 23.1 Å². The molecule has 146 valence electrons. The summed E-state index contributed by atoms with van der Waals surface area (Å²) >= 11 is 0. The van der Waals surface area contributed by atoms with Crippen LogP contribution in [0, 0.1) is 5.92 Å². The summed E-state index contributed by atoms with van der Waals surface area (Å²) in [7, 11) is 0. The lowest BCUT2D eigenvalue weighted by Crippen LogP contribution is -2.28. The average molecular weight is 380 g/mol. The normalized spacial score (nSPS) is 13.2. The van der Waals surface area contributed by atoms with Crippen LogP contribution < -0.4 is 0 Å². The Kier molecular flexibility index (Phi) is 5.63. The van der Waals surface area contributed by atoms with Crippen LogP contribution in [0.2, 0.25) is 0 Å². The molecule has 1 aliphatic carbocycles. The Morgan fingerprint density at radius 3 is 2.50 bits per heavy atom. The van der Waals surface area contributed by atoms with Crippen LogP contribution in [-0.2, 0) is 36.9 Å². The van der Waals surface area contributed by atoms with Gasteiger partial charge in [-0.05, 0) is 55.0 Å². The number of esters is 2. The second-order valence-electron chi connectivity index (χ2n) is 7.92. The van der Waals surface area contributed by atoms with E-state index in [1.807, 2.05) is 24.3 Å². The maximum absolute atomic E-state index is 12.3. The smallest absolute Gasteiger partial charge is 0.317 e. The fourth-order valence-electron chi connectivity index (χ4n) is 3.36. The molecule has 0 radical (unpaired) electrons. The van der Waals surface area contributed by atoms with Gasteiger partial charge in [0.15, 0.2) is 0 Å². The summed E-state index contributed by atoms with van der Waals surface area (Å²) in [6.07, 6.45) is 0.906. The van der Waals surface area contributed by atoms with E-state index in [1.165, 1.54) is 11.1 Å². The standard InChI is InChI=1S/C23H24O5/c1-23(2,3)28-21(25)12-17(13-24)22(26)27-14-16-8-6-10-19-18-9-5-4-7-15(18)11-20(16)19/h4-10,13,17H,11-12,14H2,1-3H3. The van der Waals surface area contributed by atoms with Gasteiger partial charge in [0.1, 0.15) is 24.4 Å². The second kappa shape index (κ2) is 7.97. The summed E-state index contributed by atoms with van der Waals surface area (Å²) in [4.78, 5) is 35.5. The van der Waals surface area contributed by atoms with Gasteiger partial charge in [-0.1, -0.05) is 42.5 Å². The molecule has 5 nitrogen and oxygen atoms in total. The van der Waals surface area contributed by atoms with Crippen molar-refractivity contribution in [3.63, 3.8) is 0 Å². The minimum Gasteiger partial charge on any atom is -0.460 e. The van der Waals surface area contributed by atoms with E-state index in [2.05, 4.69) is 18.2 Å². The van der Waals surface area contributed by atoms with Crippen LogP contribution in [0.1, 0.15) is 43.9 Å². The Morgan fingerprint density at radius 2 is 1.79 bits per heavy atom. The number of fused-ring (bicyclic) bond motifs is 3. The Morgan fingerprint density at radius 1 is 1.07 bits per heavy atom. The third-order valence-corrected chi connectivity index (χ3v) is 4.59. The third kappa shape index (κ3) is 4.47. The van der Waals surface area contributed by atoms with Gasteiger partial charge in [0.25, 0.3) is 0 Å². The van der Waals surface area contributed by atoms with Crippen LogP contribution in [0.25, 0.3) is 11.1 Å². The van der Waals surface area contributed by atoms with Crippen LogP contribution in [-0.4, -0.2) is 23.8 Å². The molecule has 0 amide bonds. The molecule has 1 atom stereocenters. The first kappa shape index (κ1) is 19.8. The van der Waals surface area contributed by atoms with Crippen molar-refractivity contribution in [1.82, 2.24) is 0 Å². The minimum atomic E-state index is -1.16. The van der Waals surface area contributed by atoms with Crippen molar-refractivity contribution in [3.8, 4) is 11.1 Å². The molecule has 2 aromatic carbocycles. The highest BCUT2D eigenvalue weighted by molar-refractivity contribution is 5.92. The van der Waals surface area contributed by atoms with Crippen molar-refractivity contribution in [2.75, 3.05) is 0 Å². The zero-order valence-electron chi connectivity index (χ0n) is 16.4. The van der Waals surface area contributed by atoms with Crippen LogP contribution >= 0.6 is 0 Å². The number of carbonyl (C=O) groups is 3. The molecule has 0 bridgehead atoms. The Labute approximate surface area is 164 Å². The summed E-state index contributed by atoms with van der Waals surface area (Å²) in [5.41, 5.74) is 4.95. The molecule has 2 aromatic rings. The lowest BCUT2D eigenvalue weighted by molar-refractivity contribution is -0.162. The van der Waals surface area contributed by atoms with Gasteiger partial charge in [-0.2, -0.15) is 0 Å². The summed E-state index contributed by atoms with van der Waals surface area (Å²) in [6.45, 7) is 5.25. The van der Waals surface area contributed by atoms with Gasteiger partial charge >= 0.3 is 11.9 Å². The highest BCUT2D eigenvalue weighted by atomic mass is 16.6. The maximum Gasteiger partial charge on any atom is 0.317 e. The van der Waals surface area contributed by atoms with E-state index in [1.54, 1.807) is 20.8 Å². The predicted molar refractivity (Wildman–Crippen MR) is 104 cm³/mol. The molecule has 0 saturated carbocycles. The van der Waals surface area contributed by atoms with Crippen molar-refractivity contribution >= 4 is 18.2 Å². The first-order chi connectivity index (χ1) is 13.3. The topological polar surface area (TPSA) is 69.7 Å². The summed E-state index contributed by atoms with van der Waals surface area (Å²) in [5.74, 6) is -2.48. The summed E-state index contributed by atoms with van der Waals surface area (Å²) < 4.78 is 10.5. The van der Waals surface area contributed by atoms with Gasteiger partial charge in [0.05, 0.1) is 6.42 Å². The van der Waals surface area contributed by atoms with Gasteiger partial charge in [-0.15, -0.1) is 0 Å². The van der Waals surface area contributed by atoms with Gasteiger partial charge < -0.3 is 14.3 Å². The van der Waals surface area contributed by atoms with Gasteiger partial charge in [0, 0.05) is 0 Å². The van der Waals surface area contributed by atoms with Crippen LogP contribution in [0.4, 0.5) is 0 Å². The molecule has 5 heteroatoms. The quantitative estimate of drug-likeness (QED) is 0.369. The van der Waals surface area contributed by atoms with Crippen LogP contribution in [0.15, 0.2) is 42.5 Å². The molecule has 0 heterocycles. The molecule has 28 heavy (non-hydrogen) atoms. The molecular weight excluding hydrogens is 356 g/mol. The van der Waals surface area contributed by atoms with Crippen molar-refractivity contribution in [3.05, 3.63) is 59.2 Å². The van der Waals surface area contributed by atoms with Crippen molar-refractivity contribution in [2.24, 2.45) is 5.92 Å². The van der Waals surface area contributed by atoms with E-state index < -0.39 is 23.5 Å². The molecular formula is C23H24O5. The van der Waals surface area contributed by atoms with Crippen molar-refractivity contribution < 1.29 is 23.9 Å². The summed E-state index contributed by atoms with van der Waals surface area (Å²) in [5, 5.41) is 0. The Hall–Kier alpha value is -2.95. The van der Waals surface area contributed by atoms with E-state index in [0.29, 0.717) is 6.29 Å². The molecule has 0 N–H and O–H groups in total. The van der Waals surface area contributed by atoms with Crippen LogP contribution in [0.3, 0.4) is 0 Å². The Balaban J connectivity index is 1.65. The van der Waals surface area contributed by atoms with Gasteiger partial charge in [-0.25, -0.2) is 0 Å². The average Bonchev–Trinajstić information content (AvgIpc) is 3.02. The SMILES string of the molecule is CC(C)(C)OC(=O)CC(C=O)C(=O)OCc1cccc2c1Cc1ccccc1-2. The lowest BCUT2D eigenvalue weighted by atomic mass is 10.0. The third-order valence-electron chi connectivity index (χ3n) is 4.59. The number of hydrogen-bond acceptors (Lipinski definition) is 5. The van der Waals surface area contributed by atoms with Gasteiger partial charge in [-0.3, -0.25) is 9.59 Å². The molecule has 0 fully saturated rings. The molecule has 3 rings (SSSR count). The van der Waals surface area contributed by atoms with E-state index >= 15 is 0 Å². The molecule has 0 aromatic heterocycles. The fourth-order valence-corrected chi connectivity index (χ4v) is 3.36. The highest BCUT2D eigenvalue weighted by Gasteiger charge is 2.27. The molecule has 1 unspecified atom stereocenters. The number of carbonyl (C=O) groups excluding carboxylic acids is 3. The number of benzene rings is 2. The monoisotopic (exact) mass is 380 g/mol. The number of rotatable bonds is 6. The molecule has 0 aliphatic heterocycles. The number of hydrogen-bond donors (Lipinski definition) is 0. The number of ether oxygens (including phenoxy) is 2. The lowest BCUT2D eigenvalue weighted by Gasteiger charge is -2.20. The van der Waals surface area contributed by atoms with Crippen molar-refractivity contribution in [2.45, 2.75) is 45.8 Å². The van der Waals surface area contributed by atoms with E-state index in [-0.39, 0.29) is 13.0 Å². The zero-order valence-corrected chi connectivity index (χ0v) is 16.4. The first-order valence-electron chi connectivity index (χ1n) is 9.31. The predicted octanol–water partition coefficient (Wildman–Crippen LogP) is 3.85. The van der Waals surface area contributed by atoms with Gasteiger partial charge in [0.2, 0.25) is 0 Å². The molecule has 1 aliphatic rings. The highest BCUT2D eigenvalue weighted by Crippen LogP contribution is 2.38. The summed E-state index contributed by atoms with van der Waals surface area (Å²) in [6, 6.07) is 14.1. The first-order valence-corrected chi connectivity index (χ1v) is 9.31. The Bertz CT molecular complexity index is 907. The van der Waals surface area contributed by atoms with Crippen LogP contribution in [0.5, 0.6) is 0 Å². The molecule has 0 spiro atoms. The largest absolute Gasteiger partial charge is 0.460 e. The maximum atomic E-state index is 12.3. The van der Waals surface area contributed by atoms with Crippen molar-refractivity contribution in [1.29, 1.82) is 0 Å². The fraction of sp³-hybridized carbons (Fsp3) is 0.348. The van der Waals surface area contributed by atoms with E-state index in [9.17, 15) is 14.4 Å². The van der Waals surface area contributed by atoms with E-state index in [4.69, 9.17) is 9.47 Å². The number of aldehydes is 1. The minimum absolute atomic E-state index is 0.0641. The zero-order chi connectivity index (χ0) is 20.3. The molecule has 0 saturated heterocycles. The second-order valence-corrected chi connectivity index (χ2v) is 7.92.